The zero-order chi connectivity index (χ0) is 14.4. The van der Waals surface area contributed by atoms with Gasteiger partial charge in [-0.1, -0.05) is 17.7 Å². The minimum Gasteiger partial charge on any atom is -0.379 e. The molecule has 1 heterocycles. The molecule has 1 N–H and O–H groups in total. The Balaban J connectivity index is 1.60. The van der Waals surface area contributed by atoms with E-state index in [1.807, 2.05) is 0 Å². The van der Waals surface area contributed by atoms with Gasteiger partial charge in [0.05, 0.1) is 23.8 Å². The highest BCUT2D eigenvalue weighted by atomic mass is 79.9. The molecule has 4 nitrogen and oxygen atoms in total. The molecule has 1 saturated heterocycles. The number of epoxide rings is 1. The first kappa shape index (κ1) is 15.8. The molecule has 0 aromatic heterocycles. The van der Waals surface area contributed by atoms with Crippen LogP contribution in [0.3, 0.4) is 0 Å². The average molecular weight is 363 g/mol. The van der Waals surface area contributed by atoms with Gasteiger partial charge in [-0.15, -0.1) is 0 Å². The van der Waals surface area contributed by atoms with Gasteiger partial charge in [-0.2, -0.15) is 0 Å². The smallest absolute Gasteiger partial charge is 0.252 e. The summed E-state index contributed by atoms with van der Waals surface area (Å²) in [4.78, 5) is 12.0. The van der Waals surface area contributed by atoms with Crippen molar-refractivity contribution in [3.63, 3.8) is 0 Å². The fraction of sp³-hybridized carbons (Fsp3) is 0.500. The summed E-state index contributed by atoms with van der Waals surface area (Å²) in [5, 5.41) is 3.41. The van der Waals surface area contributed by atoms with E-state index in [-0.39, 0.29) is 5.91 Å². The van der Waals surface area contributed by atoms with Crippen molar-refractivity contribution in [1.82, 2.24) is 5.32 Å². The minimum absolute atomic E-state index is 0.119. The summed E-state index contributed by atoms with van der Waals surface area (Å²) >= 11 is 9.27. The van der Waals surface area contributed by atoms with Gasteiger partial charge in [0, 0.05) is 17.6 Å². The predicted octanol–water partition coefficient (Wildman–Crippen LogP) is 3.03. The van der Waals surface area contributed by atoms with E-state index < -0.39 is 0 Å². The van der Waals surface area contributed by atoms with Gasteiger partial charge in [-0.05, 0) is 40.9 Å². The third kappa shape index (κ3) is 5.05. The topological polar surface area (TPSA) is 50.9 Å². The lowest BCUT2D eigenvalue weighted by molar-refractivity contribution is 0.0944. The maximum absolute atomic E-state index is 12.0. The minimum atomic E-state index is -0.119. The molecule has 1 aliphatic rings. The Bertz CT molecular complexity index is 466. The normalized spacial score (nSPS) is 17.0. The molecule has 0 bridgehead atoms. The number of benzene rings is 1. The summed E-state index contributed by atoms with van der Waals surface area (Å²) in [6.07, 6.45) is 2.12. The van der Waals surface area contributed by atoms with Gasteiger partial charge in [0.1, 0.15) is 6.10 Å². The Morgan fingerprint density at radius 3 is 3.05 bits per heavy atom. The van der Waals surface area contributed by atoms with Crippen LogP contribution in [-0.4, -0.2) is 38.4 Å². The molecule has 0 spiro atoms. The molecule has 0 aliphatic carbocycles. The fourth-order valence-electron chi connectivity index (χ4n) is 1.68. The third-order valence-corrected chi connectivity index (χ3v) is 4.30. The highest BCUT2D eigenvalue weighted by Gasteiger charge is 2.21. The molecule has 110 valence electrons. The van der Waals surface area contributed by atoms with Crippen LogP contribution >= 0.6 is 27.5 Å². The number of carbonyl (C=O) groups excluding carboxylic acids is 1. The zero-order valence-corrected chi connectivity index (χ0v) is 13.4. The number of hydrogen-bond donors (Lipinski definition) is 1. The molecule has 20 heavy (non-hydrogen) atoms. The van der Waals surface area contributed by atoms with Crippen LogP contribution in [0.5, 0.6) is 0 Å². The lowest BCUT2D eigenvalue weighted by Gasteiger charge is -2.08. The van der Waals surface area contributed by atoms with E-state index in [0.717, 1.165) is 19.4 Å². The fourth-order valence-corrected chi connectivity index (χ4v) is 2.30. The molecule has 1 aromatic carbocycles. The maximum Gasteiger partial charge on any atom is 0.252 e. The van der Waals surface area contributed by atoms with Crippen molar-refractivity contribution < 1.29 is 14.3 Å². The van der Waals surface area contributed by atoms with Crippen molar-refractivity contribution in [2.24, 2.45) is 0 Å². The van der Waals surface area contributed by atoms with Crippen LogP contribution < -0.4 is 5.32 Å². The summed E-state index contributed by atoms with van der Waals surface area (Å²) in [6, 6.07) is 5.24. The Labute approximate surface area is 131 Å². The van der Waals surface area contributed by atoms with E-state index in [1.54, 1.807) is 18.2 Å². The Morgan fingerprint density at radius 2 is 2.30 bits per heavy atom. The van der Waals surface area contributed by atoms with Crippen molar-refractivity contribution >= 4 is 33.4 Å². The Kier molecular flexibility index (Phi) is 6.29. The van der Waals surface area contributed by atoms with Crippen molar-refractivity contribution in [2.45, 2.75) is 18.9 Å². The lowest BCUT2D eigenvalue weighted by atomic mass is 10.2. The first-order valence-corrected chi connectivity index (χ1v) is 7.77. The van der Waals surface area contributed by atoms with Gasteiger partial charge < -0.3 is 14.8 Å². The number of carbonyl (C=O) groups is 1. The number of nitrogens with one attached hydrogen (secondary N) is 1. The first-order chi connectivity index (χ1) is 9.68. The first-order valence-electron chi connectivity index (χ1n) is 6.60. The summed E-state index contributed by atoms with van der Waals surface area (Å²) in [5.74, 6) is -0.119. The molecule has 1 amide bonds. The summed E-state index contributed by atoms with van der Waals surface area (Å²) in [7, 11) is 0. The molecule has 0 saturated carbocycles. The summed E-state index contributed by atoms with van der Waals surface area (Å²) in [6.45, 7) is 2.84. The number of ether oxygens (including phenoxy) is 2. The number of halogens is 2. The Morgan fingerprint density at radius 1 is 1.50 bits per heavy atom. The summed E-state index contributed by atoms with van der Waals surface area (Å²) < 4.78 is 11.1. The third-order valence-electron chi connectivity index (χ3n) is 2.90. The molecule has 2 rings (SSSR count). The largest absolute Gasteiger partial charge is 0.379 e. The molecule has 0 radical (unpaired) electrons. The molecule has 1 unspecified atom stereocenters. The quantitative estimate of drug-likeness (QED) is 0.571. The standard InChI is InChI=1S/C14H17BrClNO3/c15-13-11(4-3-5-12(13)16)14(18)17-6-1-2-7-19-8-10-9-20-10/h3-5,10H,1-2,6-9H2,(H,17,18). The predicted molar refractivity (Wildman–Crippen MR) is 81.3 cm³/mol. The zero-order valence-electron chi connectivity index (χ0n) is 11.0. The number of rotatable bonds is 8. The van der Waals surface area contributed by atoms with E-state index in [2.05, 4.69) is 21.2 Å². The van der Waals surface area contributed by atoms with Crippen molar-refractivity contribution in [1.29, 1.82) is 0 Å². The van der Waals surface area contributed by atoms with Crippen LogP contribution in [0.25, 0.3) is 0 Å². The molecular weight excluding hydrogens is 346 g/mol. The van der Waals surface area contributed by atoms with E-state index in [4.69, 9.17) is 21.1 Å². The molecule has 1 fully saturated rings. The number of amides is 1. The highest BCUT2D eigenvalue weighted by Crippen LogP contribution is 2.25. The van der Waals surface area contributed by atoms with Crippen LogP contribution in [0.4, 0.5) is 0 Å². The van der Waals surface area contributed by atoms with Gasteiger partial charge in [0.25, 0.3) is 5.91 Å². The van der Waals surface area contributed by atoms with Gasteiger partial charge in [-0.25, -0.2) is 0 Å². The molecule has 1 aliphatic heterocycles. The van der Waals surface area contributed by atoms with Crippen molar-refractivity contribution in [2.75, 3.05) is 26.4 Å². The second-order valence-corrected chi connectivity index (χ2v) is 5.79. The number of unbranched alkanes of at least 4 members (excludes halogenated alkanes) is 1. The maximum atomic E-state index is 12.0. The van der Waals surface area contributed by atoms with Gasteiger partial charge in [0.15, 0.2) is 0 Å². The second-order valence-electron chi connectivity index (χ2n) is 4.59. The average Bonchev–Trinajstić information content (AvgIpc) is 3.24. The van der Waals surface area contributed by atoms with Crippen molar-refractivity contribution in [3.8, 4) is 0 Å². The van der Waals surface area contributed by atoms with Gasteiger partial charge in [-0.3, -0.25) is 4.79 Å². The Hall–Kier alpha value is -0.620. The summed E-state index contributed by atoms with van der Waals surface area (Å²) in [5.41, 5.74) is 0.555. The van der Waals surface area contributed by atoms with Crippen LogP contribution in [0, 0.1) is 0 Å². The van der Waals surface area contributed by atoms with Crippen LogP contribution in [-0.2, 0) is 9.47 Å². The monoisotopic (exact) mass is 361 g/mol. The molecule has 6 heteroatoms. The van der Waals surface area contributed by atoms with Gasteiger partial charge >= 0.3 is 0 Å². The van der Waals surface area contributed by atoms with Crippen LogP contribution in [0.2, 0.25) is 5.02 Å². The van der Waals surface area contributed by atoms with Crippen molar-refractivity contribution in [3.05, 3.63) is 33.3 Å². The number of hydrogen-bond acceptors (Lipinski definition) is 3. The second kappa shape index (κ2) is 7.98. The van der Waals surface area contributed by atoms with Crippen LogP contribution in [0.1, 0.15) is 23.2 Å². The lowest BCUT2D eigenvalue weighted by Crippen LogP contribution is -2.25. The van der Waals surface area contributed by atoms with E-state index in [0.29, 0.717) is 40.9 Å². The molecule has 1 atom stereocenters. The SMILES string of the molecule is O=C(NCCCCOCC1CO1)c1cccc(Cl)c1Br. The molecular formula is C14H17BrClNO3. The van der Waals surface area contributed by atoms with E-state index in [1.165, 1.54) is 0 Å². The van der Waals surface area contributed by atoms with Crippen LogP contribution in [0.15, 0.2) is 22.7 Å². The molecule has 1 aromatic rings. The van der Waals surface area contributed by atoms with Gasteiger partial charge in [0.2, 0.25) is 0 Å². The van der Waals surface area contributed by atoms with E-state index >= 15 is 0 Å². The van der Waals surface area contributed by atoms with E-state index in [9.17, 15) is 4.79 Å². The highest BCUT2D eigenvalue weighted by molar-refractivity contribution is 9.10.